The summed E-state index contributed by atoms with van der Waals surface area (Å²) in [5.74, 6) is -0.553. The van der Waals surface area contributed by atoms with E-state index in [0.717, 1.165) is 36.0 Å². The third kappa shape index (κ3) is 6.10. The largest absolute Gasteiger partial charge is 0.468 e. The van der Waals surface area contributed by atoms with Crippen molar-refractivity contribution in [3.63, 3.8) is 0 Å². The molecule has 42 heavy (non-hydrogen) atoms. The van der Waals surface area contributed by atoms with Gasteiger partial charge in [0.25, 0.3) is 0 Å². The summed E-state index contributed by atoms with van der Waals surface area (Å²) in [6.45, 7) is 15.8. The summed E-state index contributed by atoms with van der Waals surface area (Å²) in [6, 6.07) is 0. The lowest BCUT2D eigenvalue weighted by molar-refractivity contribution is -0.206. The van der Waals surface area contributed by atoms with Crippen molar-refractivity contribution in [3.8, 4) is 0 Å². The van der Waals surface area contributed by atoms with Gasteiger partial charge in [-0.3, -0.25) is 14.4 Å². The van der Waals surface area contributed by atoms with Gasteiger partial charge in [-0.2, -0.15) is 0 Å². The van der Waals surface area contributed by atoms with Gasteiger partial charge in [-0.25, -0.2) is 0 Å². The highest BCUT2D eigenvalue weighted by Crippen LogP contribution is 2.69. The number of carbonyl (C=O) groups is 3. The summed E-state index contributed by atoms with van der Waals surface area (Å²) in [6.07, 6.45) is 12.6. The second-order valence-corrected chi connectivity index (χ2v) is 13.8. The van der Waals surface area contributed by atoms with Crippen LogP contribution in [0.4, 0.5) is 0 Å². The first-order valence-electron chi connectivity index (χ1n) is 15.1. The normalized spacial score (nSPS) is 35.6. The molecular weight excluding hydrogens is 532 g/mol. The molecule has 0 unspecified atom stereocenters. The van der Waals surface area contributed by atoms with Crippen LogP contribution in [0.5, 0.6) is 0 Å². The van der Waals surface area contributed by atoms with Crippen molar-refractivity contribution in [2.24, 2.45) is 28.1 Å². The van der Waals surface area contributed by atoms with Crippen LogP contribution in [0.25, 0.3) is 0 Å². The number of fused-ring (bicyclic) bond motifs is 3. The molecule has 0 heterocycles. The van der Waals surface area contributed by atoms with Gasteiger partial charge in [0.05, 0.1) is 18.8 Å². The number of allylic oxidation sites excluding steroid dienone is 5. The molecule has 3 aliphatic carbocycles. The number of Topliss-reactive ketones (excluding diaryl/α,β-unsaturated/α-hetero) is 1. The minimum absolute atomic E-state index is 0.0709. The van der Waals surface area contributed by atoms with Gasteiger partial charge in [-0.05, 0) is 88.7 Å². The van der Waals surface area contributed by atoms with Gasteiger partial charge >= 0.3 is 11.9 Å². The van der Waals surface area contributed by atoms with Gasteiger partial charge < -0.3 is 18.9 Å². The molecule has 0 spiro atoms. The zero-order chi connectivity index (χ0) is 31.7. The maximum absolute atomic E-state index is 13.8. The molecule has 0 aromatic heterocycles. The van der Waals surface area contributed by atoms with Crippen LogP contribution < -0.4 is 0 Å². The topological polar surface area (TPSA) is 88.1 Å². The summed E-state index contributed by atoms with van der Waals surface area (Å²) in [5, 5.41) is 0. The number of ketones is 1. The van der Waals surface area contributed by atoms with E-state index < -0.39 is 17.5 Å². The molecule has 3 rings (SSSR count). The molecule has 0 amide bonds. The van der Waals surface area contributed by atoms with Crippen LogP contribution in [0.15, 0.2) is 47.1 Å². The van der Waals surface area contributed by atoms with Gasteiger partial charge in [0.15, 0.2) is 5.78 Å². The second-order valence-electron chi connectivity index (χ2n) is 13.8. The van der Waals surface area contributed by atoms with Crippen LogP contribution in [-0.4, -0.2) is 56.9 Å². The molecule has 7 heteroatoms. The number of ether oxygens (including phenoxy) is 4. The Labute approximate surface area is 252 Å². The molecule has 0 saturated heterocycles. The number of hydrogen-bond acceptors (Lipinski definition) is 7. The highest BCUT2D eigenvalue weighted by molar-refractivity contribution is 6.01. The molecule has 0 bridgehead atoms. The maximum atomic E-state index is 13.8. The highest BCUT2D eigenvalue weighted by Gasteiger charge is 2.68. The summed E-state index contributed by atoms with van der Waals surface area (Å²) in [5.41, 5.74) is 0.965. The fourth-order valence-electron chi connectivity index (χ4n) is 8.45. The Morgan fingerprint density at radius 2 is 1.67 bits per heavy atom. The quantitative estimate of drug-likeness (QED) is 0.169. The van der Waals surface area contributed by atoms with E-state index in [4.69, 9.17) is 18.9 Å². The van der Waals surface area contributed by atoms with Crippen molar-refractivity contribution in [2.45, 2.75) is 105 Å². The standard InChI is InChI=1S/C35H52O7/c1-22(13-12-18-32(4,5)41-11)26(39-9)15-14-23(2)30-25(37)21-28-33(6)20-17-29(42-24(3)36)35(8,31(38)40-10)27(33)16-19-34(28,30)7/h12-15,18,26-29H,16-17,19-21H2,1-11H3/b15-14+,18-12+,22-13+,30-23-/t26-,27-,28-,29-,33+,34+,35-/m1/s1. The van der Waals surface area contributed by atoms with E-state index in [1.807, 2.05) is 65.0 Å². The lowest BCUT2D eigenvalue weighted by Crippen LogP contribution is -2.62. The van der Waals surface area contributed by atoms with E-state index in [1.165, 1.54) is 14.0 Å². The van der Waals surface area contributed by atoms with Crippen molar-refractivity contribution < 1.29 is 33.3 Å². The average Bonchev–Trinajstić information content (AvgIpc) is 3.20. The average molecular weight is 585 g/mol. The monoisotopic (exact) mass is 584 g/mol. The Hall–Kier alpha value is -2.51. The zero-order valence-corrected chi connectivity index (χ0v) is 27.6. The van der Waals surface area contributed by atoms with Crippen LogP contribution in [0.2, 0.25) is 0 Å². The lowest BCUT2D eigenvalue weighted by atomic mass is 9.42. The summed E-state index contributed by atoms with van der Waals surface area (Å²) in [4.78, 5) is 39.1. The first-order chi connectivity index (χ1) is 19.5. The van der Waals surface area contributed by atoms with Gasteiger partial charge in [0.1, 0.15) is 11.5 Å². The fourth-order valence-corrected chi connectivity index (χ4v) is 8.45. The summed E-state index contributed by atoms with van der Waals surface area (Å²) < 4.78 is 22.2. The summed E-state index contributed by atoms with van der Waals surface area (Å²) in [7, 11) is 4.77. The maximum Gasteiger partial charge on any atom is 0.315 e. The lowest BCUT2D eigenvalue weighted by Gasteiger charge is -2.61. The minimum atomic E-state index is -0.971. The smallest absolute Gasteiger partial charge is 0.315 e. The highest BCUT2D eigenvalue weighted by atomic mass is 16.6. The first kappa shape index (κ1) is 34.0. The Bertz CT molecular complexity index is 1190. The number of rotatable bonds is 9. The van der Waals surface area contributed by atoms with E-state index in [9.17, 15) is 14.4 Å². The molecule has 0 aliphatic heterocycles. The predicted molar refractivity (Wildman–Crippen MR) is 164 cm³/mol. The van der Waals surface area contributed by atoms with Gasteiger partial charge in [0, 0.05) is 38.6 Å². The Balaban J connectivity index is 1.95. The Morgan fingerprint density at radius 3 is 2.24 bits per heavy atom. The first-order valence-corrected chi connectivity index (χ1v) is 15.1. The van der Waals surface area contributed by atoms with Crippen LogP contribution in [0, 0.1) is 28.1 Å². The molecule has 0 radical (unpaired) electrons. The fraction of sp³-hybridized carbons (Fsp3) is 0.686. The van der Waals surface area contributed by atoms with Crippen molar-refractivity contribution in [1.82, 2.24) is 0 Å². The molecule has 0 aromatic rings. The van der Waals surface area contributed by atoms with Crippen LogP contribution >= 0.6 is 0 Å². The molecule has 0 N–H and O–H groups in total. The van der Waals surface area contributed by atoms with Crippen molar-refractivity contribution in [3.05, 3.63) is 47.1 Å². The molecule has 234 valence electrons. The van der Waals surface area contributed by atoms with E-state index >= 15 is 0 Å². The molecule has 3 fully saturated rings. The third-order valence-corrected chi connectivity index (χ3v) is 10.8. The SMILES string of the molecule is COC(=O)[C@]1(C)[C@@H]2CC[C@]3(C)/C(=C(C)\C=C\[C@@H](OC)/C(C)=C/C=C/C(C)(C)OC)C(=O)C[C@@H]3[C@@]2(C)CC[C@H]1OC(C)=O. The van der Waals surface area contributed by atoms with Crippen molar-refractivity contribution in [2.75, 3.05) is 21.3 Å². The second kappa shape index (κ2) is 12.6. The molecule has 7 atom stereocenters. The predicted octanol–water partition coefficient (Wildman–Crippen LogP) is 6.72. The van der Waals surface area contributed by atoms with Gasteiger partial charge in [-0.15, -0.1) is 0 Å². The van der Waals surface area contributed by atoms with Crippen molar-refractivity contribution >= 4 is 17.7 Å². The van der Waals surface area contributed by atoms with E-state index in [0.29, 0.717) is 12.8 Å². The van der Waals surface area contributed by atoms with E-state index in [-0.39, 0.29) is 46.1 Å². The molecule has 3 aliphatic rings. The molecule has 0 aromatic carbocycles. The third-order valence-electron chi connectivity index (χ3n) is 10.8. The van der Waals surface area contributed by atoms with Crippen LogP contribution in [0.3, 0.4) is 0 Å². The van der Waals surface area contributed by atoms with Gasteiger partial charge in [0.2, 0.25) is 0 Å². The Morgan fingerprint density at radius 1 is 1.00 bits per heavy atom. The Kier molecular flexibility index (Phi) is 10.2. The number of hydrogen-bond donors (Lipinski definition) is 0. The summed E-state index contributed by atoms with van der Waals surface area (Å²) >= 11 is 0. The minimum Gasteiger partial charge on any atom is -0.468 e. The zero-order valence-electron chi connectivity index (χ0n) is 27.6. The van der Waals surface area contributed by atoms with Crippen LogP contribution in [0.1, 0.15) is 87.5 Å². The molecular formula is C35H52O7. The number of esters is 2. The van der Waals surface area contributed by atoms with Crippen molar-refractivity contribution in [1.29, 1.82) is 0 Å². The number of methoxy groups -OCH3 is 3. The van der Waals surface area contributed by atoms with Crippen LogP contribution in [-0.2, 0) is 33.3 Å². The van der Waals surface area contributed by atoms with E-state index in [1.54, 1.807) is 14.2 Å². The molecule has 3 saturated carbocycles. The van der Waals surface area contributed by atoms with E-state index in [2.05, 4.69) is 13.8 Å². The number of carbonyl (C=O) groups excluding carboxylic acids is 3. The van der Waals surface area contributed by atoms with Gasteiger partial charge in [-0.1, -0.05) is 44.2 Å². The molecule has 7 nitrogen and oxygen atoms in total.